The summed E-state index contributed by atoms with van der Waals surface area (Å²) in [6, 6.07) is 74.2. The molecule has 6 saturated heterocycles. The number of nitrogen functional groups attached to an aromatic ring is 1. The summed E-state index contributed by atoms with van der Waals surface area (Å²) in [5.74, 6) is 2.83. The van der Waals surface area contributed by atoms with E-state index in [-0.39, 0.29) is 68.0 Å². The Morgan fingerprint density at radius 3 is 0.918 bits per heavy atom. The maximum Gasteiger partial charge on any atom is 0.255 e. The molecular formula is C117H131ClN12O16S. The Morgan fingerprint density at radius 2 is 0.626 bits per heavy atom. The molecular weight excluding hydrogens is 1900 g/mol. The molecule has 4 N–H and O–H groups in total. The van der Waals surface area contributed by atoms with Crippen molar-refractivity contribution in [3.05, 3.63) is 343 Å². The van der Waals surface area contributed by atoms with Crippen LogP contribution >= 0.6 is 11.6 Å². The second kappa shape index (κ2) is 43.8. The van der Waals surface area contributed by atoms with Crippen molar-refractivity contribution < 1.29 is 75.1 Å². The normalized spacial score (nSPS) is 19.2. The van der Waals surface area contributed by atoms with Gasteiger partial charge >= 0.3 is 0 Å². The number of rotatable bonds is 11. The molecule has 768 valence electrons. The van der Waals surface area contributed by atoms with Crippen LogP contribution in [0.3, 0.4) is 0 Å². The summed E-state index contributed by atoms with van der Waals surface area (Å²) in [5, 5.41) is 5.49. The monoisotopic (exact) mass is 2030 g/mol. The Hall–Kier alpha value is -12.9. The number of pyridine rings is 2. The van der Waals surface area contributed by atoms with Gasteiger partial charge in [0.2, 0.25) is 15.9 Å². The first-order chi connectivity index (χ1) is 71.1. The third-order valence-corrected chi connectivity index (χ3v) is 33.4. The first-order valence-corrected chi connectivity index (χ1v) is 53.3. The molecule has 0 atom stereocenters. The van der Waals surface area contributed by atoms with E-state index in [4.69, 9.17) is 60.4 Å². The second-order valence-electron chi connectivity index (χ2n) is 40.9. The van der Waals surface area contributed by atoms with E-state index in [1.807, 2.05) is 112 Å². The Labute approximate surface area is 865 Å². The lowest BCUT2D eigenvalue weighted by molar-refractivity contribution is -0.142. The fourth-order valence-electron chi connectivity index (χ4n) is 23.7. The summed E-state index contributed by atoms with van der Waals surface area (Å²) in [4.78, 5) is 100. The minimum Gasteiger partial charge on any atom is -0.495 e. The van der Waals surface area contributed by atoms with Crippen molar-refractivity contribution in [1.82, 2.24) is 39.4 Å². The van der Waals surface area contributed by atoms with Gasteiger partial charge in [0.25, 0.3) is 29.5 Å². The van der Waals surface area contributed by atoms with Gasteiger partial charge in [-0.1, -0.05) is 170 Å². The lowest BCUT2D eigenvalue weighted by atomic mass is 9.83. The molecule has 9 aromatic carbocycles. The molecule has 28 nitrogen and oxygen atoms in total. The minimum atomic E-state index is -3.76. The number of primary sulfonamides is 1. The topological polar surface area (TPSA) is 314 Å². The molecule has 0 radical (unpaired) electrons. The average Bonchev–Trinajstić information content (AvgIpc) is 1.64. The van der Waals surface area contributed by atoms with Crippen molar-refractivity contribution in [2.45, 2.75) is 181 Å². The zero-order chi connectivity index (χ0) is 102. The van der Waals surface area contributed by atoms with Gasteiger partial charge in [0.15, 0.2) is 0 Å². The van der Waals surface area contributed by atoms with Gasteiger partial charge in [0.1, 0.15) is 22.5 Å². The molecule has 11 aromatic rings. The molecule has 30 heteroatoms. The summed E-state index contributed by atoms with van der Waals surface area (Å²) in [7, 11) is 7.23. The number of methoxy groups -OCH3 is 2. The van der Waals surface area contributed by atoms with Gasteiger partial charge in [-0.05, 0) is 242 Å². The highest BCUT2D eigenvalue weighted by atomic mass is 35.5. The van der Waals surface area contributed by atoms with Crippen molar-refractivity contribution >= 4 is 74.3 Å². The van der Waals surface area contributed by atoms with Crippen molar-refractivity contribution in [2.24, 2.45) is 11.1 Å². The quantitative estimate of drug-likeness (QED) is 0.0897. The summed E-state index contributed by atoms with van der Waals surface area (Å²) in [6.07, 6.45) is 17.9. The molecule has 12 aliphatic heterocycles. The van der Waals surface area contributed by atoms with Crippen LogP contribution in [0, 0.1) is 5.92 Å². The number of piperidine rings is 6. The summed E-state index contributed by atoms with van der Waals surface area (Å²) in [5.41, 5.74) is 24.5. The average molecular weight is 2030 g/mol. The van der Waals surface area contributed by atoms with E-state index < -0.39 is 10.0 Å². The van der Waals surface area contributed by atoms with E-state index in [2.05, 4.69) is 136 Å². The molecule has 1 saturated carbocycles. The largest absolute Gasteiger partial charge is 0.495 e. The number of sulfonamides is 1. The van der Waals surface area contributed by atoms with E-state index in [1.165, 1.54) is 110 Å². The van der Waals surface area contributed by atoms with Crippen LogP contribution in [0.15, 0.2) is 248 Å². The number of carbonyl (C=O) groups is 6. The number of amides is 6. The smallest absolute Gasteiger partial charge is 0.255 e. The fraction of sp³-hybridized carbons (Fsp3) is 0.402. The third-order valence-electron chi connectivity index (χ3n) is 32.2. The van der Waals surface area contributed by atoms with Gasteiger partial charge < -0.3 is 82.8 Å². The van der Waals surface area contributed by atoms with Crippen LogP contribution in [0.4, 0.5) is 17.2 Å². The van der Waals surface area contributed by atoms with Gasteiger partial charge in [0, 0.05) is 142 Å². The number of hydrogen-bond acceptors (Lipinski definition) is 21. The number of anilines is 3. The molecule has 147 heavy (non-hydrogen) atoms. The first-order valence-electron chi connectivity index (χ1n) is 51.4. The van der Waals surface area contributed by atoms with Crippen LogP contribution in [-0.2, 0) is 116 Å². The SMILES string of the molecule is CN(C)c1ccc(C(=O)N2CCC3(CC2)OCc2ccccc23)cn1.COc1cc(C(=O)N2CCC3(CC2)OCc2ccccc23)ccc1N.COc1cc(C(=O)N2CCC3(CC2)OCc2ccccc23)ccc1N(C)C.NS(=O)(=O)c1ccc(C(=O)N2CCC3(CC2)OCc2ccccc23)cc1.O=C(C1CCCC1)N1CCC2(CC1)OCc1ccccc12.O=C(c1ccc(Cl)nc1)N1CCC2(CC1)OCc1ccccc12. The molecule has 0 bridgehead atoms. The van der Waals surface area contributed by atoms with Crippen LogP contribution in [0.1, 0.15) is 221 Å². The van der Waals surface area contributed by atoms with Gasteiger partial charge in [0.05, 0.1) is 115 Å². The number of halogens is 1. The number of nitrogens with zero attached hydrogens (tertiary/aromatic N) is 10. The molecule has 13 aliphatic rings. The summed E-state index contributed by atoms with van der Waals surface area (Å²) >= 11 is 5.78. The fourth-order valence-corrected chi connectivity index (χ4v) is 24.3. The molecule has 6 spiro atoms. The maximum atomic E-state index is 13.0. The molecule has 24 rings (SSSR count). The van der Waals surface area contributed by atoms with E-state index in [9.17, 15) is 37.2 Å². The number of likely N-dealkylation sites (tertiary alicyclic amines) is 6. The number of aromatic nitrogens is 2. The highest BCUT2D eigenvalue weighted by molar-refractivity contribution is 7.89. The number of hydrogen-bond donors (Lipinski definition) is 2. The van der Waals surface area contributed by atoms with E-state index >= 15 is 0 Å². The van der Waals surface area contributed by atoms with E-state index in [1.54, 1.807) is 55.6 Å². The van der Waals surface area contributed by atoms with Gasteiger partial charge in [-0.3, -0.25) is 28.8 Å². The lowest BCUT2D eigenvalue weighted by Gasteiger charge is -2.40. The van der Waals surface area contributed by atoms with E-state index in [0.717, 1.165) is 121 Å². The van der Waals surface area contributed by atoms with Crippen LogP contribution < -0.4 is 30.1 Å². The van der Waals surface area contributed by atoms with Crippen molar-refractivity contribution in [1.29, 1.82) is 0 Å². The molecule has 0 unspecified atom stereocenters. The molecule has 14 heterocycles. The van der Waals surface area contributed by atoms with Crippen molar-refractivity contribution in [2.75, 3.05) is 136 Å². The number of nitrogens with two attached hydrogens (primary N) is 2. The number of ether oxygens (including phenoxy) is 8. The first kappa shape index (κ1) is 103. The Kier molecular flexibility index (Phi) is 30.6. The van der Waals surface area contributed by atoms with Crippen LogP contribution in [0.2, 0.25) is 5.15 Å². The highest BCUT2D eigenvalue weighted by Gasteiger charge is 2.51. The summed E-state index contributed by atoms with van der Waals surface area (Å²) < 4.78 is 70.3. The number of carbonyl (C=O) groups excluding carboxylic acids is 6. The lowest BCUT2D eigenvalue weighted by Crippen LogP contribution is -2.46. The van der Waals surface area contributed by atoms with Crippen LogP contribution in [0.5, 0.6) is 11.5 Å². The molecule has 2 aromatic heterocycles. The number of fused-ring (bicyclic) bond motifs is 12. The standard InChI is InChI=1S/C22H26N2O3.C20H23N3O2.C20H22N2O3.C19H20N2O4S.C18H17ClN2O2.C18H23NO2/c1-23(2)19-9-8-16(14-20(19)26-3)21(25)24-12-10-22(11-13-24)18-7-5-4-6-17(18)15-27-22;1-22(2)18-8-7-15(13-21-18)19(24)23-11-9-20(10-12-23)17-6-4-3-5-16(17)14-25-20;1-24-18-12-14(6-7-17(18)21)19(23)22-10-8-20(9-11-22)16-5-3-2-4-15(16)13-25-20;20-26(23,24)16-7-5-14(6-8-16)18(22)21-11-9-19(10-12-21)17-4-2-1-3-15(17)13-25-19;19-16-6-5-13(11-20-16)17(22)21-9-7-18(8-10-21)15-4-2-1-3-14(15)12-23-18;20-17(14-5-1-2-6-14)19-11-9-18(10-12-19)16-8-4-3-7-15(16)13-21-18/h4-9,14H,10-13,15H2,1-3H3;3-8,13H,9-12,14H2,1-2H3;2-7,12H,8-11,13,21H2,1H3;1-8H,9-13H2,(H2,20,23,24);1-6,11H,7-10,12H2;3-4,7-8,14H,1-2,5-6,9-13H2. The van der Waals surface area contributed by atoms with Gasteiger partial charge in [-0.25, -0.2) is 23.5 Å². The summed E-state index contributed by atoms with van der Waals surface area (Å²) in [6.45, 7) is 12.5. The van der Waals surface area contributed by atoms with Crippen LogP contribution in [-0.4, -0.2) is 204 Å². The van der Waals surface area contributed by atoms with Gasteiger partial charge in [-0.2, -0.15) is 0 Å². The zero-order valence-electron chi connectivity index (χ0n) is 84.7. The Bertz CT molecular complexity index is 6740. The van der Waals surface area contributed by atoms with E-state index in [0.29, 0.717) is 160 Å². The van der Waals surface area contributed by atoms with Crippen LogP contribution in [0.25, 0.3) is 0 Å². The Balaban J connectivity index is 0.000000111. The molecule has 1 aliphatic carbocycles. The second-order valence-corrected chi connectivity index (χ2v) is 42.8. The zero-order valence-corrected chi connectivity index (χ0v) is 86.2. The molecule has 6 amide bonds. The predicted octanol–water partition coefficient (Wildman–Crippen LogP) is 17.8. The molecule has 7 fully saturated rings. The van der Waals surface area contributed by atoms with Crippen molar-refractivity contribution in [3.8, 4) is 11.5 Å². The maximum absolute atomic E-state index is 13.0. The van der Waals surface area contributed by atoms with Gasteiger partial charge in [-0.15, -0.1) is 0 Å². The minimum absolute atomic E-state index is 0.00242. The third kappa shape index (κ3) is 21.5. The Morgan fingerprint density at radius 1 is 0.347 bits per heavy atom. The number of benzene rings is 9. The van der Waals surface area contributed by atoms with Crippen molar-refractivity contribution in [3.63, 3.8) is 0 Å². The highest BCUT2D eigenvalue weighted by Crippen LogP contribution is 2.52. The predicted molar refractivity (Wildman–Crippen MR) is 561 cm³/mol.